The van der Waals surface area contributed by atoms with Crippen molar-refractivity contribution >= 4 is 40.7 Å². The zero-order chi connectivity index (χ0) is 33.3. The van der Waals surface area contributed by atoms with Crippen LogP contribution in [0.3, 0.4) is 0 Å². The third-order valence-corrected chi connectivity index (χ3v) is 11.7. The molecule has 2 saturated carbocycles. The molecule has 4 aliphatic rings. The summed E-state index contributed by atoms with van der Waals surface area (Å²) in [6.07, 6.45) is 6.19. The van der Waals surface area contributed by atoms with Crippen LogP contribution in [0.1, 0.15) is 113 Å². The number of nitrogens with one attached hydrogen (secondary N) is 3. The average molecular weight is 686 g/mol. The fraction of sp³-hybridized carbons (Fsp3) is 0.559. The molecule has 7 rings (SSSR count). The first-order valence-electron chi connectivity index (χ1n) is 16.4. The molecule has 4 atom stereocenters. The maximum absolute atomic E-state index is 16.1. The number of anilines is 1. The van der Waals surface area contributed by atoms with Crippen molar-refractivity contribution in [1.29, 1.82) is 0 Å². The Morgan fingerprint density at radius 1 is 1.11 bits per heavy atom. The maximum Gasteiger partial charge on any atom is 0.244 e. The van der Waals surface area contributed by atoms with Crippen molar-refractivity contribution in [2.24, 2.45) is 5.41 Å². The molecule has 2 spiro atoms. The second-order valence-corrected chi connectivity index (χ2v) is 15.3. The van der Waals surface area contributed by atoms with E-state index in [9.17, 15) is 14.7 Å². The number of rotatable bonds is 5. The standard InChI is InChI=1S/C34H39Cl2FN6O4/c1-17(44)29-42-43-30(47-29)18-4-7-20(8-5-18)39-28(45)26-24(21-10-15-38-27(36)25(21)37)34(33(41-26)13-11-32(2,3)12-14-33)22-9-6-19(35)16-23(22)40-31(34)46/h6,9-10,15-18,20,24,26,41,44H,4-5,7-8,11-14H2,1-3H3,(H,39,45)(H,40,46)/t17-,18-,20-,24+,26-,34-/m1/s1. The summed E-state index contributed by atoms with van der Waals surface area (Å²) in [4.78, 5) is 33.1. The van der Waals surface area contributed by atoms with Gasteiger partial charge in [-0.1, -0.05) is 43.1 Å². The number of fused-ring (bicyclic) bond motifs is 3. The largest absolute Gasteiger partial charge is 0.422 e. The summed E-state index contributed by atoms with van der Waals surface area (Å²) in [5, 5.41) is 28.0. The van der Waals surface area contributed by atoms with Gasteiger partial charge in [-0.25, -0.2) is 9.37 Å². The van der Waals surface area contributed by atoms with Crippen molar-refractivity contribution in [2.75, 3.05) is 5.32 Å². The van der Waals surface area contributed by atoms with Gasteiger partial charge >= 0.3 is 0 Å². The molecule has 4 N–H and O–H groups in total. The number of pyridine rings is 1. The molecule has 1 saturated heterocycles. The smallest absolute Gasteiger partial charge is 0.244 e. The van der Waals surface area contributed by atoms with Gasteiger partial charge in [0.2, 0.25) is 23.6 Å². The van der Waals surface area contributed by atoms with Gasteiger partial charge in [-0.2, -0.15) is 0 Å². The minimum Gasteiger partial charge on any atom is -0.422 e. The Bertz CT molecular complexity index is 1710. The summed E-state index contributed by atoms with van der Waals surface area (Å²) in [6.45, 7) is 6.00. The van der Waals surface area contributed by atoms with Gasteiger partial charge in [0, 0.05) is 40.3 Å². The zero-order valence-electron chi connectivity index (χ0n) is 26.6. The Morgan fingerprint density at radius 2 is 1.83 bits per heavy atom. The van der Waals surface area contributed by atoms with Crippen molar-refractivity contribution in [3.05, 3.63) is 69.4 Å². The number of halogens is 3. The van der Waals surface area contributed by atoms with E-state index in [2.05, 4.69) is 45.0 Å². The molecule has 2 amide bonds. The highest BCUT2D eigenvalue weighted by atomic mass is 35.5. The van der Waals surface area contributed by atoms with Crippen LogP contribution in [0.25, 0.3) is 0 Å². The first kappa shape index (κ1) is 32.4. The second kappa shape index (κ2) is 11.8. The number of aliphatic hydroxyl groups excluding tert-OH is 1. The molecule has 2 aromatic heterocycles. The van der Waals surface area contributed by atoms with Crippen LogP contribution in [0.5, 0.6) is 0 Å². The number of benzene rings is 1. The predicted octanol–water partition coefficient (Wildman–Crippen LogP) is 6.09. The van der Waals surface area contributed by atoms with Gasteiger partial charge < -0.3 is 20.2 Å². The summed E-state index contributed by atoms with van der Waals surface area (Å²) in [7, 11) is 0. The topological polar surface area (TPSA) is 142 Å². The molecular formula is C34H39Cl2FN6O4. The van der Waals surface area contributed by atoms with Crippen molar-refractivity contribution in [2.45, 2.75) is 113 Å². The molecule has 2 aliphatic heterocycles. The number of amides is 2. The third-order valence-electron chi connectivity index (χ3n) is 11.2. The number of hydrogen-bond donors (Lipinski definition) is 4. The summed E-state index contributed by atoms with van der Waals surface area (Å²) in [6, 6.07) is 5.76. The number of carbonyl (C=O) groups is 2. The molecule has 0 radical (unpaired) electrons. The van der Waals surface area contributed by atoms with E-state index in [4.69, 9.17) is 27.6 Å². The highest BCUT2D eigenvalue weighted by Gasteiger charge is 2.73. The van der Waals surface area contributed by atoms with E-state index in [0.717, 1.165) is 12.8 Å². The summed E-state index contributed by atoms with van der Waals surface area (Å²) < 4.78 is 21.8. The average Bonchev–Trinajstić information content (AvgIpc) is 3.71. The van der Waals surface area contributed by atoms with Crippen LogP contribution >= 0.6 is 23.2 Å². The Labute approximate surface area is 282 Å². The molecule has 13 heteroatoms. The van der Waals surface area contributed by atoms with Gasteiger partial charge in [0.1, 0.15) is 11.5 Å². The first-order valence-corrected chi connectivity index (χ1v) is 17.1. The monoisotopic (exact) mass is 684 g/mol. The van der Waals surface area contributed by atoms with Crippen LogP contribution in [0.4, 0.5) is 10.1 Å². The summed E-state index contributed by atoms with van der Waals surface area (Å²) >= 11 is 12.7. The molecule has 3 aromatic rings. The second-order valence-electron chi connectivity index (χ2n) is 14.5. The molecule has 3 fully saturated rings. The van der Waals surface area contributed by atoms with E-state index in [1.807, 2.05) is 6.07 Å². The Balaban J connectivity index is 1.26. The number of hydrogen-bond acceptors (Lipinski definition) is 8. The van der Waals surface area contributed by atoms with E-state index in [0.29, 0.717) is 60.7 Å². The number of aliphatic hydroxyl groups is 1. The van der Waals surface area contributed by atoms with Gasteiger partial charge in [-0.15, -0.1) is 10.2 Å². The van der Waals surface area contributed by atoms with Crippen molar-refractivity contribution < 1.29 is 23.5 Å². The van der Waals surface area contributed by atoms with Gasteiger partial charge in [0.15, 0.2) is 11.0 Å². The molecule has 250 valence electrons. The van der Waals surface area contributed by atoms with Crippen LogP contribution in [-0.2, 0) is 15.0 Å². The maximum atomic E-state index is 16.1. The van der Waals surface area contributed by atoms with E-state index in [1.54, 1.807) is 25.1 Å². The number of aromatic nitrogens is 3. The highest BCUT2D eigenvalue weighted by Crippen LogP contribution is 2.64. The van der Waals surface area contributed by atoms with Crippen LogP contribution in [0.15, 0.2) is 34.9 Å². The quantitative estimate of drug-likeness (QED) is 0.237. The van der Waals surface area contributed by atoms with E-state index in [-0.39, 0.29) is 45.8 Å². The molecule has 10 nitrogen and oxygen atoms in total. The summed E-state index contributed by atoms with van der Waals surface area (Å²) in [5.74, 6) is -1.55. The van der Waals surface area contributed by atoms with E-state index >= 15 is 4.39 Å². The molecular weight excluding hydrogens is 646 g/mol. The molecule has 0 unspecified atom stereocenters. The molecule has 0 bridgehead atoms. The van der Waals surface area contributed by atoms with Crippen LogP contribution < -0.4 is 16.0 Å². The SMILES string of the molecule is C[C@@H](O)c1nnc([C@H]2CC[C@H](NC(=O)[C@@H]3NC4(CCC(C)(C)CC4)[C@@]4(C(=O)Nc5cc(Cl)ccc54)[C@H]3c3ccnc(Cl)c3F)CC2)o1. The lowest BCUT2D eigenvalue weighted by Crippen LogP contribution is -2.61. The third kappa shape index (κ3) is 5.25. The Kier molecular flexibility index (Phi) is 8.13. The number of nitrogens with zero attached hydrogens (tertiary/aromatic N) is 3. The van der Waals surface area contributed by atoms with Crippen molar-refractivity contribution in [3.8, 4) is 0 Å². The van der Waals surface area contributed by atoms with Gasteiger partial charge in [-0.05, 0) is 93.0 Å². The fourth-order valence-electron chi connectivity index (χ4n) is 8.68. The van der Waals surface area contributed by atoms with Gasteiger partial charge in [0.05, 0.1) is 6.04 Å². The van der Waals surface area contributed by atoms with Crippen LogP contribution in [0, 0.1) is 11.2 Å². The van der Waals surface area contributed by atoms with Crippen LogP contribution in [0.2, 0.25) is 10.2 Å². The minimum atomic E-state index is -1.33. The normalized spacial score (nSPS) is 29.9. The lowest BCUT2D eigenvalue weighted by Gasteiger charge is -2.50. The predicted molar refractivity (Wildman–Crippen MR) is 174 cm³/mol. The number of carbonyl (C=O) groups excluding carboxylic acids is 2. The van der Waals surface area contributed by atoms with Crippen molar-refractivity contribution in [3.63, 3.8) is 0 Å². The molecule has 2 aliphatic carbocycles. The molecule has 47 heavy (non-hydrogen) atoms. The zero-order valence-corrected chi connectivity index (χ0v) is 28.1. The van der Waals surface area contributed by atoms with E-state index in [1.165, 1.54) is 6.20 Å². The Morgan fingerprint density at radius 3 is 2.51 bits per heavy atom. The molecule has 1 aromatic carbocycles. The lowest BCUT2D eigenvalue weighted by atomic mass is 9.53. The van der Waals surface area contributed by atoms with Gasteiger partial charge in [0.25, 0.3) is 0 Å². The van der Waals surface area contributed by atoms with Crippen LogP contribution in [-0.4, -0.2) is 49.7 Å². The molecule has 4 heterocycles. The Hall–Kier alpha value is -3.12. The van der Waals surface area contributed by atoms with Crippen molar-refractivity contribution in [1.82, 2.24) is 25.8 Å². The summed E-state index contributed by atoms with van der Waals surface area (Å²) in [5.41, 5.74) is -0.695. The first-order chi connectivity index (χ1) is 22.3. The lowest BCUT2D eigenvalue weighted by molar-refractivity contribution is -0.125. The highest BCUT2D eigenvalue weighted by molar-refractivity contribution is 6.31. The fourth-order valence-corrected chi connectivity index (χ4v) is 9.02. The minimum absolute atomic E-state index is 0.0243. The van der Waals surface area contributed by atoms with Gasteiger partial charge in [-0.3, -0.25) is 14.9 Å². The van der Waals surface area contributed by atoms with E-state index < -0.39 is 34.8 Å².